The standard InChI is InChI=1S/C9H8F3NO2.C7H6F3NO/c1-6(14)13(15)8-4-2-3-7(5-8)9(10,11)12;8-7(9,10)5-2-1-3-6(4-5)11-12/h2-5,15H,1H3;1-4,11-12H. The number of anilines is 2. The number of carbonyl (C=O) groups is 1. The van der Waals surface area contributed by atoms with E-state index in [1.165, 1.54) is 18.2 Å². The minimum absolute atomic E-state index is 0.0184. The molecule has 2 rings (SSSR count). The first-order valence-corrected chi connectivity index (χ1v) is 7.10. The number of rotatable bonds is 2. The molecule has 0 aliphatic rings. The summed E-state index contributed by atoms with van der Waals surface area (Å²) in [6.07, 6.45) is -8.86. The fourth-order valence-electron chi connectivity index (χ4n) is 1.76. The van der Waals surface area contributed by atoms with Crippen molar-refractivity contribution in [2.24, 2.45) is 0 Å². The lowest BCUT2D eigenvalue weighted by molar-refractivity contribution is -0.138. The maximum Gasteiger partial charge on any atom is 0.416 e. The summed E-state index contributed by atoms with van der Waals surface area (Å²) in [6.45, 7) is 1.04. The summed E-state index contributed by atoms with van der Waals surface area (Å²) >= 11 is 0. The molecule has 0 spiro atoms. The van der Waals surface area contributed by atoms with Crippen LogP contribution < -0.4 is 10.5 Å². The first kappa shape index (κ1) is 22.3. The summed E-state index contributed by atoms with van der Waals surface area (Å²) in [5, 5.41) is 17.6. The molecule has 27 heavy (non-hydrogen) atoms. The number of alkyl halides is 6. The average molecular weight is 396 g/mol. The van der Waals surface area contributed by atoms with Crippen molar-refractivity contribution in [3.63, 3.8) is 0 Å². The van der Waals surface area contributed by atoms with E-state index in [9.17, 15) is 31.1 Å². The zero-order valence-electron chi connectivity index (χ0n) is 13.6. The molecule has 148 valence electrons. The van der Waals surface area contributed by atoms with Crippen LogP contribution in [-0.4, -0.2) is 16.3 Å². The third-order valence-electron chi connectivity index (χ3n) is 3.04. The van der Waals surface area contributed by atoms with Crippen LogP contribution in [0.4, 0.5) is 37.7 Å². The van der Waals surface area contributed by atoms with E-state index in [-0.39, 0.29) is 16.4 Å². The number of amides is 1. The van der Waals surface area contributed by atoms with Gasteiger partial charge in [-0.3, -0.25) is 20.7 Å². The molecule has 0 aliphatic carbocycles. The molecule has 2 aromatic rings. The van der Waals surface area contributed by atoms with Crippen molar-refractivity contribution >= 4 is 17.3 Å². The Bertz CT molecular complexity index is 777. The molecule has 0 heterocycles. The second kappa shape index (κ2) is 8.73. The maximum atomic E-state index is 12.2. The molecule has 2 aromatic carbocycles. The summed E-state index contributed by atoms with van der Waals surface area (Å²) in [5.74, 6) is -0.755. The van der Waals surface area contributed by atoms with E-state index in [4.69, 9.17) is 10.4 Å². The molecule has 5 nitrogen and oxygen atoms in total. The molecule has 0 radical (unpaired) electrons. The summed E-state index contributed by atoms with van der Waals surface area (Å²) in [7, 11) is 0. The zero-order chi connectivity index (χ0) is 20.8. The van der Waals surface area contributed by atoms with Gasteiger partial charge in [-0.25, -0.2) is 0 Å². The maximum absolute atomic E-state index is 12.2. The van der Waals surface area contributed by atoms with Crippen LogP contribution in [0.25, 0.3) is 0 Å². The first-order valence-electron chi connectivity index (χ1n) is 7.10. The fourth-order valence-corrected chi connectivity index (χ4v) is 1.76. The Morgan fingerprint density at radius 1 is 0.926 bits per heavy atom. The van der Waals surface area contributed by atoms with Gasteiger partial charge in [0, 0.05) is 6.92 Å². The van der Waals surface area contributed by atoms with E-state index < -0.39 is 29.4 Å². The predicted octanol–water partition coefficient (Wildman–Crippen LogP) is 4.95. The SMILES string of the molecule is CC(=O)N(O)c1cccc(C(F)(F)F)c1.ONc1cccc(C(F)(F)F)c1. The molecule has 0 saturated heterocycles. The van der Waals surface area contributed by atoms with Gasteiger partial charge in [-0.15, -0.1) is 0 Å². The van der Waals surface area contributed by atoms with Crippen LogP contribution >= 0.6 is 0 Å². The van der Waals surface area contributed by atoms with Crippen molar-refractivity contribution in [1.29, 1.82) is 0 Å². The van der Waals surface area contributed by atoms with Gasteiger partial charge in [0.15, 0.2) is 0 Å². The van der Waals surface area contributed by atoms with E-state index >= 15 is 0 Å². The largest absolute Gasteiger partial charge is 0.416 e. The molecule has 0 fully saturated rings. The van der Waals surface area contributed by atoms with Crippen molar-refractivity contribution in [3.05, 3.63) is 59.7 Å². The Morgan fingerprint density at radius 3 is 1.85 bits per heavy atom. The van der Waals surface area contributed by atoms with Crippen molar-refractivity contribution in [3.8, 4) is 0 Å². The molecular weight excluding hydrogens is 382 g/mol. The van der Waals surface area contributed by atoms with Gasteiger partial charge in [0.2, 0.25) is 5.91 Å². The number of benzene rings is 2. The molecule has 0 saturated carbocycles. The van der Waals surface area contributed by atoms with Gasteiger partial charge in [-0.05, 0) is 36.4 Å². The Hall–Kier alpha value is -2.79. The van der Waals surface area contributed by atoms with Gasteiger partial charge in [0.25, 0.3) is 0 Å². The van der Waals surface area contributed by atoms with Gasteiger partial charge >= 0.3 is 12.4 Å². The highest BCUT2D eigenvalue weighted by Crippen LogP contribution is 2.31. The minimum Gasteiger partial charge on any atom is -0.291 e. The van der Waals surface area contributed by atoms with E-state index in [0.29, 0.717) is 6.07 Å². The third kappa shape index (κ3) is 6.79. The van der Waals surface area contributed by atoms with Crippen molar-refractivity contribution in [2.45, 2.75) is 19.3 Å². The molecule has 0 aromatic heterocycles. The molecule has 0 unspecified atom stereocenters. The van der Waals surface area contributed by atoms with Crippen molar-refractivity contribution in [2.75, 3.05) is 10.5 Å². The summed E-state index contributed by atoms with van der Waals surface area (Å²) < 4.78 is 72.7. The number of nitrogens with one attached hydrogen (secondary N) is 1. The first-order chi connectivity index (χ1) is 12.4. The molecular formula is C16H14F6N2O3. The van der Waals surface area contributed by atoms with E-state index in [1.807, 2.05) is 0 Å². The lowest BCUT2D eigenvalue weighted by Crippen LogP contribution is -2.24. The lowest BCUT2D eigenvalue weighted by Gasteiger charge is -2.14. The molecule has 0 bridgehead atoms. The molecule has 0 aliphatic heterocycles. The average Bonchev–Trinajstić information content (AvgIpc) is 2.60. The summed E-state index contributed by atoms with van der Waals surface area (Å²) in [5.41, 5.74) is -0.260. The Labute approximate surface area is 149 Å². The van der Waals surface area contributed by atoms with E-state index in [2.05, 4.69) is 0 Å². The molecule has 1 amide bonds. The van der Waals surface area contributed by atoms with Crippen LogP contribution in [0.2, 0.25) is 0 Å². The van der Waals surface area contributed by atoms with Crippen LogP contribution in [0.3, 0.4) is 0 Å². The monoisotopic (exact) mass is 396 g/mol. The van der Waals surface area contributed by atoms with Crippen LogP contribution in [0.1, 0.15) is 18.1 Å². The Balaban J connectivity index is 0.000000277. The zero-order valence-corrected chi connectivity index (χ0v) is 13.6. The highest BCUT2D eigenvalue weighted by molar-refractivity contribution is 5.88. The van der Waals surface area contributed by atoms with E-state index in [1.54, 1.807) is 5.48 Å². The number of halogens is 6. The van der Waals surface area contributed by atoms with Crippen LogP contribution in [0.15, 0.2) is 48.5 Å². The smallest absolute Gasteiger partial charge is 0.291 e. The normalized spacial score (nSPS) is 11.3. The number of nitrogens with zero attached hydrogens (tertiary/aromatic N) is 1. The van der Waals surface area contributed by atoms with Crippen molar-refractivity contribution < 1.29 is 41.6 Å². The molecule has 11 heteroatoms. The third-order valence-corrected chi connectivity index (χ3v) is 3.04. The van der Waals surface area contributed by atoms with Crippen molar-refractivity contribution in [1.82, 2.24) is 0 Å². The van der Waals surface area contributed by atoms with Gasteiger partial charge in [-0.1, -0.05) is 12.1 Å². The number of hydrogen-bond acceptors (Lipinski definition) is 4. The lowest BCUT2D eigenvalue weighted by atomic mass is 10.2. The summed E-state index contributed by atoms with van der Waals surface area (Å²) in [4.78, 5) is 10.7. The second-order valence-corrected chi connectivity index (χ2v) is 5.07. The Kier molecular flexibility index (Phi) is 7.20. The van der Waals surface area contributed by atoms with Crippen LogP contribution in [0, 0.1) is 0 Å². The minimum atomic E-state index is -4.49. The topological polar surface area (TPSA) is 72.8 Å². The fraction of sp³-hybridized carbons (Fsp3) is 0.188. The van der Waals surface area contributed by atoms with Crippen LogP contribution in [0.5, 0.6) is 0 Å². The van der Waals surface area contributed by atoms with Gasteiger partial charge in [0.1, 0.15) is 0 Å². The number of carbonyl (C=O) groups excluding carboxylic acids is 1. The Morgan fingerprint density at radius 2 is 1.41 bits per heavy atom. The van der Waals surface area contributed by atoms with Crippen LogP contribution in [-0.2, 0) is 17.1 Å². The van der Waals surface area contributed by atoms with Gasteiger partial charge in [-0.2, -0.15) is 31.4 Å². The molecule has 3 N–H and O–H groups in total. The quantitative estimate of drug-likeness (QED) is 0.381. The number of hydrogen-bond donors (Lipinski definition) is 3. The van der Waals surface area contributed by atoms with Gasteiger partial charge in [0.05, 0.1) is 22.5 Å². The highest BCUT2D eigenvalue weighted by Gasteiger charge is 2.31. The summed E-state index contributed by atoms with van der Waals surface area (Å²) in [6, 6.07) is 8.16. The molecule has 0 atom stereocenters. The second-order valence-electron chi connectivity index (χ2n) is 5.07. The van der Waals surface area contributed by atoms with Gasteiger partial charge < -0.3 is 0 Å². The highest BCUT2D eigenvalue weighted by atomic mass is 19.4. The predicted molar refractivity (Wildman–Crippen MR) is 83.2 cm³/mol. The van der Waals surface area contributed by atoms with E-state index in [0.717, 1.165) is 31.2 Å². The number of hydroxylamine groups is 1.